The molecule has 21 heavy (non-hydrogen) atoms. The number of nitrogens with two attached hydrogens (primary N) is 1. The summed E-state index contributed by atoms with van der Waals surface area (Å²) in [6, 6.07) is 9.55. The van der Waals surface area contributed by atoms with Crippen molar-refractivity contribution in [3.8, 4) is 16.9 Å². The van der Waals surface area contributed by atoms with E-state index in [4.69, 9.17) is 5.73 Å². The third-order valence-corrected chi connectivity index (χ3v) is 2.92. The summed E-state index contributed by atoms with van der Waals surface area (Å²) in [4.78, 5) is 18.0. The van der Waals surface area contributed by atoms with Gasteiger partial charge >= 0.3 is 5.69 Å². The maximum Gasteiger partial charge on any atom is 0.355 e. The third kappa shape index (κ3) is 2.29. The molecule has 0 bridgehead atoms. The Morgan fingerprint density at radius 3 is 2.62 bits per heavy atom. The first kappa shape index (κ1) is 12.7. The van der Waals surface area contributed by atoms with Crippen LogP contribution in [0.1, 0.15) is 0 Å². The van der Waals surface area contributed by atoms with E-state index in [1.54, 1.807) is 12.4 Å². The second-order valence-electron chi connectivity index (χ2n) is 4.23. The van der Waals surface area contributed by atoms with E-state index in [0.29, 0.717) is 0 Å². The SMILES string of the molecule is Nc1ncnc(-n2cc(-c3ccccc3)cn2)c1[N+](=O)[O-]. The van der Waals surface area contributed by atoms with Crippen LogP contribution in [0.2, 0.25) is 0 Å². The average Bonchev–Trinajstić information content (AvgIpc) is 2.97. The Morgan fingerprint density at radius 2 is 1.90 bits per heavy atom. The Bertz CT molecular complexity index is 799. The quantitative estimate of drug-likeness (QED) is 0.579. The molecule has 3 rings (SSSR count). The van der Waals surface area contributed by atoms with Crippen LogP contribution < -0.4 is 5.73 Å². The van der Waals surface area contributed by atoms with Gasteiger partial charge < -0.3 is 5.73 Å². The molecule has 0 aliphatic heterocycles. The minimum Gasteiger partial charge on any atom is -0.378 e. The summed E-state index contributed by atoms with van der Waals surface area (Å²) >= 11 is 0. The van der Waals surface area contributed by atoms with E-state index in [1.165, 1.54) is 11.0 Å². The van der Waals surface area contributed by atoms with Crippen molar-refractivity contribution in [2.45, 2.75) is 0 Å². The summed E-state index contributed by atoms with van der Waals surface area (Å²) in [5.74, 6) is -0.156. The molecule has 2 N–H and O–H groups in total. The van der Waals surface area contributed by atoms with Crippen molar-refractivity contribution < 1.29 is 4.92 Å². The van der Waals surface area contributed by atoms with Gasteiger partial charge in [-0.05, 0) is 5.56 Å². The zero-order valence-electron chi connectivity index (χ0n) is 10.7. The molecular formula is C13H10N6O2. The Labute approximate surface area is 119 Å². The molecule has 0 saturated carbocycles. The highest BCUT2D eigenvalue weighted by molar-refractivity contribution is 5.64. The van der Waals surface area contributed by atoms with Gasteiger partial charge in [0.05, 0.1) is 11.1 Å². The fourth-order valence-electron chi connectivity index (χ4n) is 1.94. The summed E-state index contributed by atoms with van der Waals surface area (Å²) in [6.45, 7) is 0. The fourth-order valence-corrected chi connectivity index (χ4v) is 1.94. The lowest BCUT2D eigenvalue weighted by Gasteiger charge is -2.02. The summed E-state index contributed by atoms with van der Waals surface area (Å²) in [6.07, 6.45) is 4.43. The number of hydrogen-bond acceptors (Lipinski definition) is 6. The summed E-state index contributed by atoms with van der Waals surface area (Å²) in [7, 11) is 0. The van der Waals surface area contributed by atoms with E-state index < -0.39 is 4.92 Å². The molecule has 2 heterocycles. The molecular weight excluding hydrogens is 272 g/mol. The van der Waals surface area contributed by atoms with Crippen molar-refractivity contribution in [2.24, 2.45) is 0 Å². The van der Waals surface area contributed by atoms with E-state index >= 15 is 0 Å². The van der Waals surface area contributed by atoms with Gasteiger partial charge in [0.1, 0.15) is 6.33 Å². The number of anilines is 1. The van der Waals surface area contributed by atoms with Crippen LogP contribution in [0.4, 0.5) is 11.5 Å². The maximum atomic E-state index is 11.1. The largest absolute Gasteiger partial charge is 0.378 e. The van der Waals surface area contributed by atoms with Crippen molar-refractivity contribution in [3.63, 3.8) is 0 Å². The van der Waals surface area contributed by atoms with Crippen molar-refractivity contribution in [1.29, 1.82) is 0 Å². The average molecular weight is 282 g/mol. The van der Waals surface area contributed by atoms with Gasteiger partial charge in [-0.1, -0.05) is 30.3 Å². The Balaban J connectivity index is 2.09. The lowest BCUT2D eigenvalue weighted by molar-refractivity contribution is -0.384. The first-order valence-corrected chi connectivity index (χ1v) is 6.02. The topological polar surface area (TPSA) is 113 Å². The van der Waals surface area contributed by atoms with Crippen LogP contribution in [0.15, 0.2) is 49.1 Å². The standard InChI is InChI=1S/C13H10N6O2/c14-12-11(19(20)21)13(16-8-15-12)18-7-10(6-17-18)9-4-2-1-3-5-9/h1-8H,(H2,14,15,16). The van der Waals surface area contributed by atoms with Gasteiger partial charge in [-0.3, -0.25) is 10.1 Å². The second-order valence-corrected chi connectivity index (χ2v) is 4.23. The molecule has 0 spiro atoms. The van der Waals surface area contributed by atoms with Crippen LogP contribution in [-0.4, -0.2) is 24.7 Å². The number of rotatable bonds is 3. The highest BCUT2D eigenvalue weighted by atomic mass is 16.6. The van der Waals surface area contributed by atoms with Crippen LogP contribution in [0.3, 0.4) is 0 Å². The van der Waals surface area contributed by atoms with Crippen molar-refractivity contribution >= 4 is 11.5 Å². The highest BCUT2D eigenvalue weighted by Gasteiger charge is 2.23. The lowest BCUT2D eigenvalue weighted by atomic mass is 10.1. The number of benzene rings is 1. The van der Waals surface area contributed by atoms with E-state index in [9.17, 15) is 10.1 Å². The van der Waals surface area contributed by atoms with Crippen LogP contribution in [0.25, 0.3) is 16.9 Å². The molecule has 8 nitrogen and oxygen atoms in total. The molecule has 0 unspecified atom stereocenters. The Morgan fingerprint density at radius 1 is 1.14 bits per heavy atom. The minimum atomic E-state index is -0.617. The third-order valence-electron chi connectivity index (χ3n) is 2.92. The zero-order valence-corrected chi connectivity index (χ0v) is 10.7. The molecule has 0 amide bonds. The first-order valence-electron chi connectivity index (χ1n) is 6.02. The fraction of sp³-hybridized carbons (Fsp3) is 0. The molecule has 8 heteroatoms. The van der Waals surface area contributed by atoms with Crippen LogP contribution >= 0.6 is 0 Å². The van der Waals surface area contributed by atoms with Gasteiger partial charge in [0.25, 0.3) is 0 Å². The molecule has 0 aliphatic carbocycles. The maximum absolute atomic E-state index is 11.1. The summed E-state index contributed by atoms with van der Waals surface area (Å²) in [5, 5.41) is 15.2. The molecule has 0 saturated heterocycles. The molecule has 0 radical (unpaired) electrons. The second kappa shape index (κ2) is 5.00. The predicted octanol–water partition coefficient (Wildman–Crippen LogP) is 1.82. The van der Waals surface area contributed by atoms with Crippen molar-refractivity contribution in [3.05, 3.63) is 59.2 Å². The Hall–Kier alpha value is -3.29. The lowest BCUT2D eigenvalue weighted by Crippen LogP contribution is -2.07. The number of nitrogens with zero attached hydrogens (tertiary/aromatic N) is 5. The van der Waals surface area contributed by atoms with Gasteiger partial charge in [0.15, 0.2) is 0 Å². The van der Waals surface area contributed by atoms with Crippen molar-refractivity contribution in [2.75, 3.05) is 5.73 Å². The predicted molar refractivity (Wildman–Crippen MR) is 75.7 cm³/mol. The molecule has 3 aromatic rings. The van der Waals surface area contributed by atoms with Crippen LogP contribution in [0, 0.1) is 10.1 Å². The number of aromatic nitrogens is 4. The van der Waals surface area contributed by atoms with Crippen LogP contribution in [-0.2, 0) is 0 Å². The summed E-state index contributed by atoms with van der Waals surface area (Å²) < 4.78 is 1.32. The smallest absolute Gasteiger partial charge is 0.355 e. The molecule has 0 fully saturated rings. The summed E-state index contributed by atoms with van der Waals surface area (Å²) in [5.41, 5.74) is 6.96. The van der Waals surface area contributed by atoms with Gasteiger partial charge in [0, 0.05) is 11.8 Å². The van der Waals surface area contributed by atoms with E-state index in [2.05, 4.69) is 15.1 Å². The van der Waals surface area contributed by atoms with Crippen molar-refractivity contribution in [1.82, 2.24) is 19.7 Å². The van der Waals surface area contributed by atoms with Gasteiger partial charge in [-0.25, -0.2) is 14.6 Å². The van der Waals surface area contributed by atoms with Gasteiger partial charge in [-0.2, -0.15) is 5.10 Å². The molecule has 2 aromatic heterocycles. The van der Waals surface area contributed by atoms with Crippen LogP contribution in [0.5, 0.6) is 0 Å². The molecule has 1 aromatic carbocycles. The Kier molecular flexibility index (Phi) is 3.03. The number of nitro groups is 1. The van der Waals surface area contributed by atoms with Gasteiger partial charge in [-0.15, -0.1) is 0 Å². The normalized spacial score (nSPS) is 10.5. The minimum absolute atomic E-state index is 0.0367. The van der Waals surface area contributed by atoms with Gasteiger partial charge in [0.2, 0.25) is 11.6 Å². The van der Waals surface area contributed by atoms with E-state index in [-0.39, 0.29) is 17.3 Å². The number of nitrogen functional groups attached to an aromatic ring is 1. The zero-order chi connectivity index (χ0) is 14.8. The highest BCUT2D eigenvalue weighted by Crippen LogP contribution is 2.26. The molecule has 0 aliphatic rings. The van der Waals surface area contributed by atoms with E-state index in [0.717, 1.165) is 11.1 Å². The first-order chi connectivity index (χ1) is 10.2. The monoisotopic (exact) mass is 282 g/mol. The van der Waals surface area contributed by atoms with E-state index in [1.807, 2.05) is 30.3 Å². The molecule has 104 valence electrons. The number of hydrogen-bond donors (Lipinski definition) is 1. The molecule has 0 atom stereocenters.